The highest BCUT2D eigenvalue weighted by Gasteiger charge is 2.27. The molecule has 1 aromatic carbocycles. The van der Waals surface area contributed by atoms with Gasteiger partial charge in [0.2, 0.25) is 0 Å². The molecular formula is C17H19F2N3S2. The van der Waals surface area contributed by atoms with Crippen molar-refractivity contribution >= 4 is 23.5 Å². The highest BCUT2D eigenvalue weighted by molar-refractivity contribution is 8.03. The standard InChI is InChI=1S/C17H19F2N3S2/c18-11-1-2-13(14(19)7-11)17-20-15-3-4-22(8-16(15)21-17)12-9-23-5-6-24-10-12/h1-2,7,12H,3-6,8-10H2,(H,20,21). The second kappa shape index (κ2) is 7.06. The number of hydrogen-bond acceptors (Lipinski definition) is 4. The molecule has 1 saturated heterocycles. The van der Waals surface area contributed by atoms with Crippen molar-refractivity contribution in [3.05, 3.63) is 41.2 Å². The van der Waals surface area contributed by atoms with Gasteiger partial charge in [-0.1, -0.05) is 0 Å². The van der Waals surface area contributed by atoms with Gasteiger partial charge in [0, 0.05) is 54.6 Å². The molecule has 2 aliphatic rings. The van der Waals surface area contributed by atoms with Gasteiger partial charge in [-0.3, -0.25) is 4.90 Å². The van der Waals surface area contributed by atoms with Gasteiger partial charge >= 0.3 is 0 Å². The lowest BCUT2D eigenvalue weighted by molar-refractivity contribution is 0.206. The number of imidazole rings is 1. The van der Waals surface area contributed by atoms with E-state index in [1.807, 2.05) is 23.5 Å². The Morgan fingerprint density at radius 1 is 1.17 bits per heavy atom. The molecule has 4 rings (SSSR count). The molecule has 0 aliphatic carbocycles. The topological polar surface area (TPSA) is 31.9 Å². The molecule has 1 N–H and O–H groups in total. The minimum atomic E-state index is -0.575. The maximum Gasteiger partial charge on any atom is 0.140 e. The van der Waals surface area contributed by atoms with Gasteiger partial charge in [-0.25, -0.2) is 13.8 Å². The summed E-state index contributed by atoms with van der Waals surface area (Å²) in [5.41, 5.74) is 2.41. The summed E-state index contributed by atoms with van der Waals surface area (Å²) in [5, 5.41) is 0. The Balaban J connectivity index is 1.55. The summed E-state index contributed by atoms with van der Waals surface area (Å²) < 4.78 is 27.1. The predicted octanol–water partition coefficient (Wildman–Crippen LogP) is 3.56. The first-order valence-corrected chi connectivity index (χ1v) is 10.4. The van der Waals surface area contributed by atoms with E-state index in [1.54, 1.807) is 0 Å². The molecule has 0 radical (unpaired) electrons. The van der Waals surface area contributed by atoms with E-state index in [0.717, 1.165) is 37.0 Å². The third-order valence-corrected chi connectivity index (χ3v) is 7.04. The molecule has 0 unspecified atom stereocenters. The summed E-state index contributed by atoms with van der Waals surface area (Å²) >= 11 is 4.06. The normalized spacial score (nSPS) is 19.9. The molecular weight excluding hydrogens is 348 g/mol. The molecule has 3 nitrogen and oxygen atoms in total. The molecule has 0 bridgehead atoms. The maximum atomic E-state index is 14.0. The van der Waals surface area contributed by atoms with Crippen LogP contribution in [0.1, 0.15) is 11.4 Å². The second-order valence-corrected chi connectivity index (χ2v) is 8.46. The van der Waals surface area contributed by atoms with Crippen LogP contribution in [0.25, 0.3) is 11.4 Å². The fraction of sp³-hybridized carbons (Fsp3) is 0.471. The summed E-state index contributed by atoms with van der Waals surface area (Å²) in [6, 6.07) is 4.21. The van der Waals surface area contributed by atoms with Crippen LogP contribution in [0.2, 0.25) is 0 Å². The number of nitrogens with zero attached hydrogens (tertiary/aromatic N) is 2. The van der Waals surface area contributed by atoms with Gasteiger partial charge in [-0.15, -0.1) is 0 Å². The van der Waals surface area contributed by atoms with Crippen molar-refractivity contribution in [3.63, 3.8) is 0 Å². The minimum absolute atomic E-state index is 0.331. The molecule has 0 saturated carbocycles. The van der Waals surface area contributed by atoms with Crippen LogP contribution < -0.4 is 0 Å². The lowest BCUT2D eigenvalue weighted by Gasteiger charge is -2.32. The van der Waals surface area contributed by atoms with Gasteiger partial charge in [0.15, 0.2) is 0 Å². The largest absolute Gasteiger partial charge is 0.340 e. The van der Waals surface area contributed by atoms with Crippen LogP contribution in [0.5, 0.6) is 0 Å². The molecule has 1 aromatic heterocycles. The van der Waals surface area contributed by atoms with Crippen molar-refractivity contribution in [2.24, 2.45) is 0 Å². The quantitative estimate of drug-likeness (QED) is 0.880. The molecule has 0 amide bonds. The number of benzene rings is 1. The smallest absolute Gasteiger partial charge is 0.140 e. The lowest BCUT2D eigenvalue weighted by atomic mass is 10.1. The SMILES string of the molecule is Fc1ccc(-c2nc3c([nH]2)CN(C2CSCCSC2)CC3)c(F)c1. The van der Waals surface area contributed by atoms with Gasteiger partial charge in [-0.2, -0.15) is 23.5 Å². The monoisotopic (exact) mass is 367 g/mol. The Kier molecular flexibility index (Phi) is 4.83. The van der Waals surface area contributed by atoms with Crippen molar-refractivity contribution < 1.29 is 8.78 Å². The number of hydrogen-bond donors (Lipinski definition) is 1. The fourth-order valence-electron chi connectivity index (χ4n) is 3.25. The first-order valence-electron chi connectivity index (χ1n) is 8.13. The summed E-state index contributed by atoms with van der Waals surface area (Å²) in [6.45, 7) is 1.83. The average Bonchev–Trinajstić information content (AvgIpc) is 2.79. The Morgan fingerprint density at radius 2 is 1.96 bits per heavy atom. The van der Waals surface area contributed by atoms with Gasteiger partial charge in [0.1, 0.15) is 17.5 Å². The Bertz CT molecular complexity index is 727. The molecule has 128 valence electrons. The number of aromatic amines is 1. The van der Waals surface area contributed by atoms with Crippen molar-refractivity contribution in [2.45, 2.75) is 19.0 Å². The van der Waals surface area contributed by atoms with E-state index in [-0.39, 0.29) is 0 Å². The summed E-state index contributed by atoms with van der Waals surface area (Å²) in [7, 11) is 0. The number of halogens is 2. The predicted molar refractivity (Wildman–Crippen MR) is 96.5 cm³/mol. The van der Waals surface area contributed by atoms with Crippen LogP contribution in [0.4, 0.5) is 8.78 Å². The number of rotatable bonds is 2. The van der Waals surface area contributed by atoms with Crippen LogP contribution in [0.15, 0.2) is 18.2 Å². The fourth-order valence-corrected chi connectivity index (χ4v) is 5.88. The Labute approximate surface area is 148 Å². The van der Waals surface area contributed by atoms with E-state index in [4.69, 9.17) is 0 Å². The number of H-pyrrole nitrogens is 1. The zero-order valence-corrected chi connectivity index (χ0v) is 14.9. The zero-order chi connectivity index (χ0) is 16.5. The molecule has 2 aromatic rings. The van der Waals surface area contributed by atoms with Crippen molar-refractivity contribution in [2.75, 3.05) is 29.6 Å². The second-order valence-electron chi connectivity index (χ2n) is 6.16. The lowest BCUT2D eigenvalue weighted by Crippen LogP contribution is -2.42. The van der Waals surface area contributed by atoms with Gasteiger partial charge in [-0.05, 0) is 12.1 Å². The number of nitrogens with one attached hydrogen (secondary N) is 1. The van der Waals surface area contributed by atoms with Crippen LogP contribution in [-0.4, -0.2) is 50.5 Å². The molecule has 1 fully saturated rings. The molecule has 2 aliphatic heterocycles. The van der Waals surface area contributed by atoms with Gasteiger partial charge < -0.3 is 4.98 Å². The minimum Gasteiger partial charge on any atom is -0.340 e. The highest BCUT2D eigenvalue weighted by atomic mass is 32.2. The van der Waals surface area contributed by atoms with Crippen LogP contribution >= 0.6 is 23.5 Å². The van der Waals surface area contributed by atoms with Crippen LogP contribution in [0, 0.1) is 11.6 Å². The van der Waals surface area contributed by atoms with E-state index in [0.29, 0.717) is 17.4 Å². The number of thioether (sulfide) groups is 2. The first kappa shape index (κ1) is 16.4. The third-order valence-electron chi connectivity index (χ3n) is 4.56. The van der Waals surface area contributed by atoms with E-state index in [1.165, 1.54) is 35.1 Å². The van der Waals surface area contributed by atoms with Crippen molar-refractivity contribution in [3.8, 4) is 11.4 Å². The van der Waals surface area contributed by atoms with E-state index in [9.17, 15) is 8.78 Å². The van der Waals surface area contributed by atoms with E-state index >= 15 is 0 Å². The van der Waals surface area contributed by atoms with Crippen molar-refractivity contribution in [1.82, 2.24) is 14.9 Å². The third kappa shape index (κ3) is 3.34. The van der Waals surface area contributed by atoms with Crippen LogP contribution in [-0.2, 0) is 13.0 Å². The van der Waals surface area contributed by atoms with Crippen LogP contribution in [0.3, 0.4) is 0 Å². The number of fused-ring (bicyclic) bond motifs is 1. The molecule has 0 spiro atoms. The van der Waals surface area contributed by atoms with Gasteiger partial charge in [0.05, 0.1) is 17.0 Å². The summed E-state index contributed by atoms with van der Waals surface area (Å²) in [6.07, 6.45) is 0.875. The Morgan fingerprint density at radius 3 is 2.71 bits per heavy atom. The molecule has 24 heavy (non-hydrogen) atoms. The molecule has 3 heterocycles. The molecule has 7 heteroatoms. The van der Waals surface area contributed by atoms with E-state index < -0.39 is 11.6 Å². The molecule has 0 atom stereocenters. The average molecular weight is 367 g/mol. The first-order chi connectivity index (χ1) is 11.7. The zero-order valence-electron chi connectivity index (χ0n) is 13.2. The maximum absolute atomic E-state index is 14.0. The highest BCUT2D eigenvalue weighted by Crippen LogP contribution is 2.28. The Hall–Kier alpha value is -1.05. The van der Waals surface area contributed by atoms with Crippen molar-refractivity contribution in [1.29, 1.82) is 0 Å². The van der Waals surface area contributed by atoms with Gasteiger partial charge in [0.25, 0.3) is 0 Å². The summed E-state index contributed by atoms with van der Waals surface area (Å²) in [4.78, 5) is 10.3. The van der Waals surface area contributed by atoms with E-state index in [2.05, 4.69) is 14.9 Å². The summed E-state index contributed by atoms with van der Waals surface area (Å²) in [5.74, 6) is 4.18. The number of aromatic nitrogens is 2.